The van der Waals surface area contributed by atoms with Crippen molar-refractivity contribution in [3.63, 3.8) is 0 Å². The zero-order chi connectivity index (χ0) is 16.5. The summed E-state index contributed by atoms with van der Waals surface area (Å²) in [5.74, 6) is 3.82. The van der Waals surface area contributed by atoms with Crippen LogP contribution in [0.5, 0.6) is 5.75 Å². The summed E-state index contributed by atoms with van der Waals surface area (Å²) in [5, 5.41) is 4.55. The third kappa shape index (κ3) is 2.82. The summed E-state index contributed by atoms with van der Waals surface area (Å²) >= 11 is 1.96. The quantitative estimate of drug-likeness (QED) is 0.742. The molecule has 1 aliphatic heterocycles. The molecule has 3 heterocycles. The lowest BCUT2D eigenvalue weighted by Gasteiger charge is -2.16. The van der Waals surface area contributed by atoms with E-state index in [1.54, 1.807) is 6.33 Å². The smallest absolute Gasteiger partial charge is 0.143 e. The van der Waals surface area contributed by atoms with Crippen LogP contribution in [0.4, 0.5) is 11.5 Å². The minimum absolute atomic E-state index is 0.120. The molecule has 0 bridgehead atoms. The fourth-order valence-electron chi connectivity index (χ4n) is 3.01. The van der Waals surface area contributed by atoms with Crippen molar-refractivity contribution in [1.29, 1.82) is 0 Å². The van der Waals surface area contributed by atoms with Crippen LogP contribution >= 0.6 is 11.8 Å². The number of aromatic nitrogens is 3. The van der Waals surface area contributed by atoms with Crippen LogP contribution in [0.3, 0.4) is 0 Å². The Morgan fingerprint density at radius 1 is 1.25 bits per heavy atom. The maximum atomic E-state index is 5.91. The van der Waals surface area contributed by atoms with Crippen molar-refractivity contribution < 1.29 is 4.74 Å². The largest absolute Gasteiger partial charge is 0.489 e. The predicted molar refractivity (Wildman–Crippen MR) is 99.2 cm³/mol. The maximum Gasteiger partial charge on any atom is 0.143 e. The summed E-state index contributed by atoms with van der Waals surface area (Å²) in [4.78, 5) is 12.4. The van der Waals surface area contributed by atoms with Gasteiger partial charge in [0.1, 0.15) is 23.5 Å². The fourth-order valence-corrected chi connectivity index (χ4v) is 4.02. The molecule has 0 saturated carbocycles. The van der Waals surface area contributed by atoms with Gasteiger partial charge < -0.3 is 15.0 Å². The number of hydrogen-bond donors (Lipinski definition) is 2. The Morgan fingerprint density at radius 2 is 2.12 bits per heavy atom. The molecule has 0 unspecified atom stereocenters. The first-order valence-electron chi connectivity index (χ1n) is 8.17. The molecular formula is C18H20N4OS. The minimum Gasteiger partial charge on any atom is -0.489 e. The highest BCUT2D eigenvalue weighted by Crippen LogP contribution is 2.36. The Hall–Kier alpha value is -2.21. The molecule has 0 saturated heterocycles. The molecule has 0 spiro atoms. The van der Waals surface area contributed by atoms with Crippen molar-refractivity contribution >= 4 is 34.3 Å². The highest BCUT2D eigenvalue weighted by Gasteiger charge is 2.20. The van der Waals surface area contributed by atoms with Gasteiger partial charge in [-0.1, -0.05) is 12.1 Å². The van der Waals surface area contributed by atoms with E-state index in [2.05, 4.69) is 20.3 Å². The summed E-state index contributed by atoms with van der Waals surface area (Å²) in [5.41, 5.74) is 4.44. The number of anilines is 2. The summed E-state index contributed by atoms with van der Waals surface area (Å²) in [7, 11) is 0. The van der Waals surface area contributed by atoms with Crippen LogP contribution in [0, 0.1) is 0 Å². The average Bonchev–Trinajstić information content (AvgIpc) is 2.95. The standard InChI is InChI=1S/C18H20N4OS/c1-11(2)23-15-6-4-3-5-14(15)22-18-16-12-9-24-8-7-13(12)21-17(16)19-10-20-18/h3-6,10-11H,7-9H2,1-2H3,(H2,19,20,21,22). The van der Waals surface area contributed by atoms with Gasteiger partial charge in [0, 0.05) is 11.4 Å². The van der Waals surface area contributed by atoms with Crippen LogP contribution in [0.25, 0.3) is 11.0 Å². The van der Waals surface area contributed by atoms with E-state index in [9.17, 15) is 0 Å². The number of aryl methyl sites for hydroxylation is 1. The molecule has 0 amide bonds. The summed E-state index contributed by atoms with van der Waals surface area (Å²) in [6.07, 6.45) is 2.78. The van der Waals surface area contributed by atoms with Gasteiger partial charge in [0.05, 0.1) is 17.2 Å². The third-order valence-electron chi connectivity index (χ3n) is 4.03. The zero-order valence-corrected chi connectivity index (χ0v) is 14.6. The van der Waals surface area contributed by atoms with E-state index in [-0.39, 0.29) is 6.10 Å². The van der Waals surface area contributed by atoms with Crippen LogP contribution in [0.1, 0.15) is 25.1 Å². The van der Waals surface area contributed by atoms with Crippen molar-refractivity contribution in [2.45, 2.75) is 32.1 Å². The van der Waals surface area contributed by atoms with E-state index in [1.807, 2.05) is 49.9 Å². The van der Waals surface area contributed by atoms with Crippen LogP contribution in [0.15, 0.2) is 30.6 Å². The molecule has 4 rings (SSSR count). The molecule has 1 aliphatic rings. The number of fused-ring (bicyclic) bond motifs is 3. The zero-order valence-electron chi connectivity index (χ0n) is 13.8. The Kier molecular flexibility index (Phi) is 4.06. The molecule has 2 aromatic heterocycles. The first-order valence-corrected chi connectivity index (χ1v) is 9.32. The van der Waals surface area contributed by atoms with Crippen molar-refractivity contribution in [1.82, 2.24) is 15.0 Å². The average molecular weight is 340 g/mol. The fraction of sp³-hybridized carbons (Fsp3) is 0.333. The number of thioether (sulfide) groups is 1. The number of nitrogens with one attached hydrogen (secondary N) is 2. The Balaban J connectivity index is 1.77. The van der Waals surface area contributed by atoms with Gasteiger partial charge in [0.25, 0.3) is 0 Å². The molecule has 1 aromatic carbocycles. The van der Waals surface area contributed by atoms with E-state index >= 15 is 0 Å². The molecule has 0 aliphatic carbocycles. The number of nitrogens with zero attached hydrogens (tertiary/aromatic N) is 2. The topological polar surface area (TPSA) is 62.8 Å². The molecule has 24 heavy (non-hydrogen) atoms. The van der Waals surface area contributed by atoms with E-state index in [1.165, 1.54) is 11.3 Å². The number of hydrogen-bond acceptors (Lipinski definition) is 5. The normalized spacial score (nSPS) is 14.0. The number of rotatable bonds is 4. The predicted octanol–water partition coefficient (Wildman–Crippen LogP) is 4.28. The van der Waals surface area contributed by atoms with Crippen molar-refractivity contribution in [3.8, 4) is 5.75 Å². The minimum atomic E-state index is 0.120. The Morgan fingerprint density at radius 3 is 3.00 bits per heavy atom. The monoisotopic (exact) mass is 340 g/mol. The molecule has 124 valence electrons. The van der Waals surface area contributed by atoms with Gasteiger partial charge >= 0.3 is 0 Å². The van der Waals surface area contributed by atoms with E-state index in [4.69, 9.17) is 4.74 Å². The van der Waals surface area contributed by atoms with Crippen LogP contribution < -0.4 is 10.1 Å². The van der Waals surface area contributed by atoms with Crippen molar-refractivity contribution in [2.75, 3.05) is 11.1 Å². The second kappa shape index (κ2) is 6.36. The molecule has 0 atom stereocenters. The molecule has 0 radical (unpaired) electrons. The van der Waals surface area contributed by atoms with Crippen LogP contribution in [-0.4, -0.2) is 26.8 Å². The lowest BCUT2D eigenvalue weighted by molar-refractivity contribution is 0.244. The van der Waals surface area contributed by atoms with Gasteiger partial charge in [-0.15, -0.1) is 0 Å². The maximum absolute atomic E-state index is 5.91. The Labute approximate surface area is 145 Å². The van der Waals surface area contributed by atoms with Gasteiger partial charge in [-0.3, -0.25) is 0 Å². The number of benzene rings is 1. The second-order valence-corrected chi connectivity index (χ2v) is 7.22. The molecule has 2 N–H and O–H groups in total. The molecular weight excluding hydrogens is 320 g/mol. The van der Waals surface area contributed by atoms with E-state index in [0.717, 1.165) is 46.2 Å². The lowest BCUT2D eigenvalue weighted by atomic mass is 10.1. The van der Waals surface area contributed by atoms with Gasteiger partial charge in [0.15, 0.2) is 0 Å². The molecule has 3 aromatic rings. The summed E-state index contributed by atoms with van der Waals surface area (Å²) in [6.45, 7) is 4.05. The highest BCUT2D eigenvalue weighted by molar-refractivity contribution is 7.98. The molecule has 5 nitrogen and oxygen atoms in total. The van der Waals surface area contributed by atoms with Gasteiger partial charge in [-0.25, -0.2) is 9.97 Å². The van der Waals surface area contributed by atoms with Crippen molar-refractivity contribution in [3.05, 3.63) is 41.9 Å². The first kappa shape index (κ1) is 15.3. The molecule has 0 fully saturated rings. The number of H-pyrrole nitrogens is 1. The van der Waals surface area contributed by atoms with Crippen LogP contribution in [-0.2, 0) is 12.2 Å². The number of aromatic amines is 1. The van der Waals surface area contributed by atoms with E-state index in [0.29, 0.717) is 0 Å². The number of ether oxygens (including phenoxy) is 1. The molecule has 6 heteroatoms. The van der Waals surface area contributed by atoms with Gasteiger partial charge in [-0.2, -0.15) is 11.8 Å². The lowest BCUT2D eigenvalue weighted by Crippen LogP contribution is -2.07. The van der Waals surface area contributed by atoms with Gasteiger partial charge in [0.2, 0.25) is 0 Å². The second-order valence-electron chi connectivity index (χ2n) is 6.12. The van der Waals surface area contributed by atoms with Crippen molar-refractivity contribution in [2.24, 2.45) is 0 Å². The van der Waals surface area contributed by atoms with E-state index < -0.39 is 0 Å². The summed E-state index contributed by atoms with van der Waals surface area (Å²) in [6, 6.07) is 7.96. The summed E-state index contributed by atoms with van der Waals surface area (Å²) < 4.78 is 5.91. The number of para-hydroxylation sites is 2. The Bertz CT molecular complexity index is 875. The third-order valence-corrected chi connectivity index (χ3v) is 5.01. The highest BCUT2D eigenvalue weighted by atomic mass is 32.2. The SMILES string of the molecule is CC(C)Oc1ccccc1Nc1ncnc2[nH]c3c(c12)CSCC3. The van der Waals surface area contributed by atoms with Crippen LogP contribution in [0.2, 0.25) is 0 Å². The van der Waals surface area contributed by atoms with Gasteiger partial charge in [-0.05, 0) is 43.7 Å². The first-order chi connectivity index (χ1) is 11.7.